The lowest BCUT2D eigenvalue weighted by molar-refractivity contribution is 0.796. The predicted molar refractivity (Wildman–Crippen MR) is 351 cm³/mol. The molecule has 2 aromatic heterocycles. The lowest BCUT2D eigenvalue weighted by Gasteiger charge is -2.33. The van der Waals surface area contributed by atoms with Gasteiger partial charge in [0.25, 0.3) is 0 Å². The van der Waals surface area contributed by atoms with Crippen LogP contribution in [-0.4, -0.2) is 28.2 Å². The number of thiophene rings is 2. The smallest absolute Gasteiger partial charge is 0.0731 e. The second kappa shape index (κ2) is 17.6. The molecule has 0 bridgehead atoms. The minimum absolute atomic E-state index is 0.389. The van der Waals surface area contributed by atoms with Crippen molar-refractivity contribution in [3.8, 4) is 66.8 Å². The Hall–Kier alpha value is -9.32. The lowest BCUT2D eigenvalue weighted by atomic mass is 9.68. The maximum absolute atomic E-state index is 2.44. The van der Waals surface area contributed by atoms with Crippen molar-refractivity contribution in [2.45, 2.75) is 10.8 Å². The van der Waals surface area contributed by atoms with Crippen LogP contribution < -0.4 is 9.80 Å². The number of hydrogen-bond acceptors (Lipinski definition) is 4. The third-order valence-electron chi connectivity index (χ3n) is 18.6. The zero-order valence-corrected chi connectivity index (χ0v) is 47.6. The topological polar surface area (TPSA) is 6.48 Å². The van der Waals surface area contributed by atoms with Crippen LogP contribution in [0.3, 0.4) is 0 Å². The van der Waals surface area contributed by atoms with E-state index in [4.69, 9.17) is 0 Å². The van der Waals surface area contributed by atoms with Gasteiger partial charge < -0.3 is 9.80 Å². The number of anilines is 2. The van der Waals surface area contributed by atoms with Crippen LogP contribution in [0.5, 0.6) is 0 Å². The molecule has 0 saturated carbocycles. The van der Waals surface area contributed by atoms with Crippen molar-refractivity contribution in [2.75, 3.05) is 38.0 Å². The Kier molecular flexibility index (Phi) is 10.2. The van der Waals surface area contributed by atoms with E-state index in [1.807, 2.05) is 22.7 Å². The second-order valence-corrected chi connectivity index (χ2v) is 25.1. The van der Waals surface area contributed by atoms with E-state index in [1.54, 1.807) is 0 Å². The van der Waals surface area contributed by atoms with E-state index < -0.39 is 5.41 Å². The first-order valence-corrected chi connectivity index (χ1v) is 30.1. The molecule has 388 valence electrons. The third kappa shape index (κ3) is 6.18. The molecule has 82 heavy (non-hydrogen) atoms. The molecule has 0 aliphatic heterocycles. The molecule has 0 saturated heterocycles. The van der Waals surface area contributed by atoms with E-state index in [0.29, 0.717) is 0 Å². The Bertz CT molecular complexity index is 5030. The van der Waals surface area contributed by atoms with E-state index in [9.17, 15) is 0 Å². The maximum atomic E-state index is 2.44. The quantitative estimate of drug-likeness (QED) is 0.173. The fourth-order valence-corrected chi connectivity index (χ4v) is 17.7. The molecule has 2 spiro atoms. The molecule has 0 radical (unpaired) electrons. The summed E-state index contributed by atoms with van der Waals surface area (Å²) in [6, 6.07) is 95.7. The first-order valence-electron chi connectivity index (χ1n) is 28.5. The summed E-state index contributed by atoms with van der Waals surface area (Å²) in [7, 11) is 8.52. The highest BCUT2D eigenvalue weighted by molar-refractivity contribution is 7.26. The molecule has 4 aliphatic rings. The number of nitrogens with zero attached hydrogens (tertiary/aromatic N) is 2. The molecular formula is C78H54N2S2. The maximum Gasteiger partial charge on any atom is 0.0731 e. The summed E-state index contributed by atoms with van der Waals surface area (Å²) in [5.41, 5.74) is 28.8. The van der Waals surface area contributed by atoms with Crippen LogP contribution in [-0.2, 0) is 10.8 Å². The third-order valence-corrected chi connectivity index (χ3v) is 20.8. The van der Waals surface area contributed by atoms with Gasteiger partial charge in [0.2, 0.25) is 0 Å². The first-order chi connectivity index (χ1) is 40.4. The van der Waals surface area contributed by atoms with Crippen molar-refractivity contribution >= 4 is 74.4 Å². The average molecular weight is 1080 g/mol. The SMILES string of the molecule is CN(C)c1cccc(-c2cccc3c2C2(c4ccccc4-3)c3ccccc3-c3c2ccc2sc4ccccc4c32)c1.CN(C)c1ccccc1-c1cccc2c1C1(c3ccccc3-2)c2ccccc2-c2c1ccc1sc3ccccc3c21. The number of rotatable bonds is 4. The van der Waals surface area contributed by atoms with Gasteiger partial charge in [0.15, 0.2) is 0 Å². The molecule has 12 aromatic carbocycles. The molecule has 14 aromatic rings. The number of hydrogen-bond donors (Lipinski definition) is 0. The summed E-state index contributed by atoms with van der Waals surface area (Å²) in [6.45, 7) is 0. The normalized spacial score (nSPS) is 16.1. The van der Waals surface area contributed by atoms with E-state index >= 15 is 0 Å². The largest absolute Gasteiger partial charge is 0.378 e. The van der Waals surface area contributed by atoms with Crippen LogP contribution in [0.4, 0.5) is 11.4 Å². The van der Waals surface area contributed by atoms with E-state index in [-0.39, 0.29) is 5.41 Å². The molecule has 2 heterocycles. The molecule has 18 rings (SSSR count). The highest BCUT2D eigenvalue weighted by atomic mass is 32.1. The van der Waals surface area contributed by atoms with Gasteiger partial charge in [0.05, 0.1) is 10.8 Å². The van der Waals surface area contributed by atoms with Gasteiger partial charge in [-0.15, -0.1) is 22.7 Å². The van der Waals surface area contributed by atoms with Crippen molar-refractivity contribution < 1.29 is 0 Å². The lowest BCUT2D eigenvalue weighted by Crippen LogP contribution is -2.26. The molecule has 4 aliphatic carbocycles. The van der Waals surface area contributed by atoms with Gasteiger partial charge >= 0.3 is 0 Å². The second-order valence-electron chi connectivity index (χ2n) is 22.9. The molecule has 0 N–H and O–H groups in total. The Labute approximate surface area is 486 Å². The van der Waals surface area contributed by atoms with Crippen LogP contribution in [0.25, 0.3) is 107 Å². The number of benzene rings is 12. The van der Waals surface area contributed by atoms with Crippen molar-refractivity contribution in [1.29, 1.82) is 0 Å². The van der Waals surface area contributed by atoms with Gasteiger partial charge in [-0.2, -0.15) is 0 Å². The average Bonchev–Trinajstić information content (AvgIpc) is 3.69. The summed E-state index contributed by atoms with van der Waals surface area (Å²) in [4.78, 5) is 4.43. The Morgan fingerprint density at radius 1 is 0.280 bits per heavy atom. The monoisotopic (exact) mass is 1080 g/mol. The minimum atomic E-state index is -0.398. The van der Waals surface area contributed by atoms with E-state index in [1.165, 1.54) is 163 Å². The molecular weight excluding hydrogens is 1030 g/mol. The van der Waals surface area contributed by atoms with Crippen LogP contribution in [0, 0.1) is 0 Å². The fraction of sp³-hybridized carbons (Fsp3) is 0.0769. The summed E-state index contributed by atoms with van der Waals surface area (Å²) in [5.74, 6) is 0. The van der Waals surface area contributed by atoms with Crippen LogP contribution in [0.2, 0.25) is 0 Å². The van der Waals surface area contributed by atoms with Gasteiger partial charge in [-0.25, -0.2) is 0 Å². The van der Waals surface area contributed by atoms with Crippen LogP contribution in [0.1, 0.15) is 44.5 Å². The zero-order chi connectivity index (χ0) is 54.6. The number of fused-ring (bicyclic) bond motifs is 28. The molecule has 0 fully saturated rings. The van der Waals surface area contributed by atoms with Crippen molar-refractivity contribution in [1.82, 2.24) is 0 Å². The zero-order valence-electron chi connectivity index (χ0n) is 46.0. The van der Waals surface area contributed by atoms with Crippen LogP contribution in [0.15, 0.2) is 255 Å². The Morgan fingerprint density at radius 2 is 0.671 bits per heavy atom. The van der Waals surface area contributed by atoms with E-state index in [0.717, 1.165) is 0 Å². The first kappa shape index (κ1) is 47.5. The summed E-state index contributed by atoms with van der Waals surface area (Å²) >= 11 is 3.81. The number of para-hydroxylation sites is 1. The summed E-state index contributed by atoms with van der Waals surface area (Å²) in [5, 5.41) is 5.50. The van der Waals surface area contributed by atoms with Gasteiger partial charge in [0.1, 0.15) is 0 Å². The highest BCUT2D eigenvalue weighted by Crippen LogP contribution is 2.68. The Balaban J connectivity index is 0.000000130. The molecule has 2 unspecified atom stereocenters. The van der Waals surface area contributed by atoms with Crippen molar-refractivity contribution in [3.05, 3.63) is 299 Å². The van der Waals surface area contributed by atoms with Crippen molar-refractivity contribution in [2.24, 2.45) is 0 Å². The minimum Gasteiger partial charge on any atom is -0.378 e. The highest BCUT2D eigenvalue weighted by Gasteiger charge is 2.55. The summed E-state index contributed by atoms with van der Waals surface area (Å²) in [6.07, 6.45) is 0. The van der Waals surface area contributed by atoms with Crippen LogP contribution >= 0.6 is 22.7 Å². The van der Waals surface area contributed by atoms with Gasteiger partial charge in [0, 0.05) is 85.5 Å². The molecule has 2 nitrogen and oxygen atoms in total. The Morgan fingerprint density at radius 3 is 1.18 bits per heavy atom. The molecule has 2 atom stereocenters. The molecule has 0 amide bonds. The standard InChI is InChI=1S/2C39H27NS/c1-40(2)33-20-9-5-13-25(33)27-17-11-16-26-24-12-3-7-18-30(24)39(38(26)27)31-19-8-4-14-28(31)36-32(39)22-23-35-37(36)29-15-6-10-21-34(29)41-35;1-40(2)25-12-9-11-24(23-25)26-16-10-17-28-27-13-3-6-18-31(27)39(38(26)28)32-19-7-4-14-29(32)36-33(39)21-22-35-37(36)30-15-5-8-20-34(30)41-35/h2*3-23H,1-2H3. The van der Waals surface area contributed by atoms with Gasteiger partial charge in [-0.1, -0.05) is 212 Å². The van der Waals surface area contributed by atoms with Gasteiger partial charge in [-0.05, 0) is 148 Å². The van der Waals surface area contributed by atoms with Crippen molar-refractivity contribution in [3.63, 3.8) is 0 Å². The van der Waals surface area contributed by atoms with E-state index in [2.05, 4.69) is 293 Å². The predicted octanol–water partition coefficient (Wildman–Crippen LogP) is 20.3. The summed E-state index contributed by atoms with van der Waals surface area (Å²) < 4.78 is 5.41. The fourth-order valence-electron chi connectivity index (χ4n) is 15.5. The van der Waals surface area contributed by atoms with Gasteiger partial charge in [-0.3, -0.25) is 0 Å². The molecule has 4 heteroatoms.